The zero-order valence-electron chi connectivity index (χ0n) is 13.4. The number of likely N-dealkylation sites (tertiary alicyclic amines) is 1. The average Bonchev–Trinajstić information content (AvgIpc) is 2.46. The number of rotatable bonds is 4. The zero-order valence-corrected chi connectivity index (χ0v) is 13.4. The second-order valence-electron chi connectivity index (χ2n) is 7.20. The van der Waals surface area contributed by atoms with Crippen LogP contribution < -0.4 is 0 Å². The topological polar surface area (TPSA) is 57.6 Å². The minimum Gasteiger partial charge on any atom is -0.481 e. The van der Waals surface area contributed by atoms with E-state index in [1.807, 2.05) is 0 Å². The average molecular weight is 295 g/mol. The Morgan fingerprint density at radius 2 is 1.67 bits per heavy atom. The Morgan fingerprint density at radius 1 is 1.05 bits per heavy atom. The van der Waals surface area contributed by atoms with Crippen molar-refractivity contribution in [2.24, 2.45) is 17.8 Å². The number of carbonyl (C=O) groups is 2. The van der Waals surface area contributed by atoms with Crippen molar-refractivity contribution in [2.75, 3.05) is 6.54 Å². The molecule has 0 aromatic carbocycles. The monoisotopic (exact) mass is 295 g/mol. The van der Waals surface area contributed by atoms with E-state index in [0.717, 1.165) is 38.6 Å². The largest absolute Gasteiger partial charge is 0.481 e. The van der Waals surface area contributed by atoms with E-state index in [9.17, 15) is 9.59 Å². The molecule has 2 fully saturated rings. The molecule has 1 amide bonds. The van der Waals surface area contributed by atoms with Crippen LogP contribution in [0.2, 0.25) is 0 Å². The van der Waals surface area contributed by atoms with Gasteiger partial charge in [-0.2, -0.15) is 0 Å². The standard InChI is InChI=1S/C17H29NO3/c1-12(2)11-15-5-3-4-10-18(15)16(19)13-6-8-14(9-7-13)17(20)21/h12-15H,3-11H2,1-2H3,(H,20,21). The van der Waals surface area contributed by atoms with Gasteiger partial charge in [-0.05, 0) is 57.3 Å². The lowest BCUT2D eigenvalue weighted by molar-refractivity contribution is -0.147. The molecule has 21 heavy (non-hydrogen) atoms. The molecule has 0 bridgehead atoms. The van der Waals surface area contributed by atoms with E-state index in [-0.39, 0.29) is 11.8 Å². The molecule has 1 saturated carbocycles. The number of carbonyl (C=O) groups excluding carboxylic acids is 1. The van der Waals surface area contributed by atoms with Gasteiger partial charge in [0.05, 0.1) is 5.92 Å². The Bertz CT molecular complexity index is 372. The Balaban J connectivity index is 1.93. The molecular formula is C17H29NO3. The first kappa shape index (κ1) is 16.3. The predicted octanol–water partition coefficient (Wildman–Crippen LogP) is 3.30. The minimum absolute atomic E-state index is 0.0633. The van der Waals surface area contributed by atoms with Crippen molar-refractivity contribution < 1.29 is 14.7 Å². The van der Waals surface area contributed by atoms with Crippen molar-refractivity contribution in [1.29, 1.82) is 0 Å². The van der Waals surface area contributed by atoms with Gasteiger partial charge < -0.3 is 10.0 Å². The Hall–Kier alpha value is -1.06. The van der Waals surface area contributed by atoms with E-state index in [0.29, 0.717) is 30.7 Å². The highest BCUT2D eigenvalue weighted by molar-refractivity contribution is 5.80. The first-order valence-electron chi connectivity index (χ1n) is 8.52. The first-order chi connectivity index (χ1) is 9.99. The number of carboxylic acid groups (broad SMARTS) is 1. The van der Waals surface area contributed by atoms with E-state index in [4.69, 9.17) is 5.11 Å². The molecular weight excluding hydrogens is 266 g/mol. The summed E-state index contributed by atoms with van der Waals surface area (Å²) in [7, 11) is 0. The summed E-state index contributed by atoms with van der Waals surface area (Å²) in [5.74, 6) is 0.0436. The maximum absolute atomic E-state index is 12.8. The van der Waals surface area contributed by atoms with E-state index < -0.39 is 5.97 Å². The lowest BCUT2D eigenvalue weighted by Gasteiger charge is -2.40. The predicted molar refractivity (Wildman–Crippen MR) is 81.9 cm³/mol. The number of hydrogen-bond donors (Lipinski definition) is 1. The summed E-state index contributed by atoms with van der Waals surface area (Å²) in [4.78, 5) is 25.9. The van der Waals surface area contributed by atoms with Crippen LogP contribution in [0.5, 0.6) is 0 Å². The second kappa shape index (κ2) is 7.28. The number of piperidine rings is 1. The molecule has 1 N–H and O–H groups in total. The third kappa shape index (κ3) is 4.21. The highest BCUT2D eigenvalue weighted by Crippen LogP contribution is 2.32. The maximum Gasteiger partial charge on any atom is 0.306 e. The van der Waals surface area contributed by atoms with Crippen molar-refractivity contribution in [3.8, 4) is 0 Å². The molecule has 0 radical (unpaired) electrons. The fourth-order valence-corrected chi connectivity index (χ4v) is 3.90. The van der Waals surface area contributed by atoms with Crippen LogP contribution in [-0.2, 0) is 9.59 Å². The normalized spacial score (nSPS) is 30.4. The molecule has 1 atom stereocenters. The van der Waals surface area contributed by atoms with Crippen LogP contribution in [0.4, 0.5) is 0 Å². The van der Waals surface area contributed by atoms with Gasteiger partial charge in [-0.15, -0.1) is 0 Å². The fraction of sp³-hybridized carbons (Fsp3) is 0.882. The molecule has 4 heteroatoms. The molecule has 0 aromatic heterocycles. The summed E-state index contributed by atoms with van der Waals surface area (Å²) in [6, 6.07) is 0.406. The van der Waals surface area contributed by atoms with Gasteiger partial charge in [0.15, 0.2) is 0 Å². The third-order valence-electron chi connectivity index (χ3n) is 5.08. The van der Waals surface area contributed by atoms with E-state index in [1.165, 1.54) is 6.42 Å². The quantitative estimate of drug-likeness (QED) is 0.865. The third-order valence-corrected chi connectivity index (χ3v) is 5.08. The number of hydrogen-bond acceptors (Lipinski definition) is 2. The van der Waals surface area contributed by atoms with Crippen LogP contribution in [-0.4, -0.2) is 34.5 Å². The number of nitrogens with zero attached hydrogens (tertiary/aromatic N) is 1. The first-order valence-corrected chi connectivity index (χ1v) is 8.52. The SMILES string of the molecule is CC(C)CC1CCCCN1C(=O)C1CCC(C(=O)O)CC1. The maximum atomic E-state index is 12.8. The molecule has 0 spiro atoms. The molecule has 1 aliphatic heterocycles. The Morgan fingerprint density at radius 3 is 2.24 bits per heavy atom. The minimum atomic E-state index is -0.698. The lowest BCUT2D eigenvalue weighted by atomic mass is 9.80. The van der Waals surface area contributed by atoms with Gasteiger partial charge in [0.1, 0.15) is 0 Å². The van der Waals surface area contributed by atoms with Crippen molar-refractivity contribution in [1.82, 2.24) is 4.90 Å². The molecule has 2 aliphatic rings. The van der Waals surface area contributed by atoms with Crippen LogP contribution in [0.25, 0.3) is 0 Å². The second-order valence-corrected chi connectivity index (χ2v) is 7.20. The molecule has 1 aliphatic carbocycles. The Kier molecular flexibility index (Phi) is 5.65. The smallest absolute Gasteiger partial charge is 0.306 e. The number of carboxylic acids is 1. The molecule has 1 heterocycles. The van der Waals surface area contributed by atoms with Crippen LogP contribution in [0.15, 0.2) is 0 Å². The van der Waals surface area contributed by atoms with Crippen molar-refractivity contribution in [2.45, 2.75) is 71.3 Å². The molecule has 1 saturated heterocycles. The van der Waals surface area contributed by atoms with Crippen molar-refractivity contribution in [3.63, 3.8) is 0 Å². The highest BCUT2D eigenvalue weighted by atomic mass is 16.4. The van der Waals surface area contributed by atoms with E-state index in [2.05, 4.69) is 18.7 Å². The van der Waals surface area contributed by atoms with Crippen LogP contribution in [0, 0.1) is 17.8 Å². The summed E-state index contributed by atoms with van der Waals surface area (Å²) in [6.07, 6.45) is 7.40. The number of aliphatic carboxylic acids is 1. The van der Waals surface area contributed by atoms with E-state index >= 15 is 0 Å². The van der Waals surface area contributed by atoms with Gasteiger partial charge in [0.25, 0.3) is 0 Å². The molecule has 120 valence electrons. The van der Waals surface area contributed by atoms with Crippen LogP contribution in [0.1, 0.15) is 65.2 Å². The zero-order chi connectivity index (χ0) is 15.4. The van der Waals surface area contributed by atoms with Gasteiger partial charge in [0, 0.05) is 18.5 Å². The summed E-state index contributed by atoms with van der Waals surface area (Å²) in [5, 5.41) is 9.06. The summed E-state index contributed by atoms with van der Waals surface area (Å²) < 4.78 is 0. The fourth-order valence-electron chi connectivity index (χ4n) is 3.90. The highest BCUT2D eigenvalue weighted by Gasteiger charge is 2.35. The van der Waals surface area contributed by atoms with Gasteiger partial charge in [-0.3, -0.25) is 9.59 Å². The van der Waals surface area contributed by atoms with Crippen LogP contribution in [0.3, 0.4) is 0 Å². The molecule has 4 nitrogen and oxygen atoms in total. The van der Waals surface area contributed by atoms with Crippen molar-refractivity contribution >= 4 is 11.9 Å². The van der Waals surface area contributed by atoms with Gasteiger partial charge in [-0.1, -0.05) is 13.8 Å². The van der Waals surface area contributed by atoms with E-state index in [1.54, 1.807) is 0 Å². The summed E-state index contributed by atoms with van der Waals surface area (Å²) >= 11 is 0. The number of amides is 1. The van der Waals surface area contributed by atoms with Gasteiger partial charge in [-0.25, -0.2) is 0 Å². The van der Waals surface area contributed by atoms with Crippen LogP contribution >= 0.6 is 0 Å². The van der Waals surface area contributed by atoms with Gasteiger partial charge in [0.2, 0.25) is 5.91 Å². The molecule has 2 rings (SSSR count). The van der Waals surface area contributed by atoms with Gasteiger partial charge >= 0.3 is 5.97 Å². The molecule has 0 aromatic rings. The van der Waals surface area contributed by atoms with Crippen molar-refractivity contribution in [3.05, 3.63) is 0 Å². The lowest BCUT2D eigenvalue weighted by Crippen LogP contribution is -2.47. The summed E-state index contributed by atoms with van der Waals surface area (Å²) in [5.41, 5.74) is 0. The Labute approximate surface area is 127 Å². The molecule has 1 unspecified atom stereocenters. The summed E-state index contributed by atoms with van der Waals surface area (Å²) in [6.45, 7) is 5.33.